The highest BCUT2D eigenvalue weighted by molar-refractivity contribution is 6.20. The van der Waals surface area contributed by atoms with Gasteiger partial charge in [0.15, 0.2) is 0 Å². The molecule has 8 nitrogen and oxygen atoms in total. The molecule has 1 aromatic carbocycles. The molecule has 4 heterocycles. The summed E-state index contributed by atoms with van der Waals surface area (Å²) in [7, 11) is 0. The van der Waals surface area contributed by atoms with E-state index in [-0.39, 0.29) is 17.6 Å². The number of pyridine rings is 2. The monoisotopic (exact) mass is 513 g/mol. The Bertz CT molecular complexity index is 1310. The summed E-state index contributed by atoms with van der Waals surface area (Å²) < 4.78 is 29.9. The first kappa shape index (κ1) is 24.1. The summed E-state index contributed by atoms with van der Waals surface area (Å²) in [5.41, 5.74) is 0.332. The van der Waals surface area contributed by atoms with E-state index in [1.54, 1.807) is 18.3 Å². The van der Waals surface area contributed by atoms with E-state index >= 15 is 0 Å². The third-order valence-electron chi connectivity index (χ3n) is 6.15. The molecule has 1 atom stereocenters. The van der Waals surface area contributed by atoms with Gasteiger partial charge in [0.2, 0.25) is 0 Å². The van der Waals surface area contributed by atoms with Crippen molar-refractivity contribution >= 4 is 29.1 Å². The minimum Gasteiger partial charge on any atom is -0.420 e. The highest BCUT2D eigenvalue weighted by Gasteiger charge is 2.28. The van der Waals surface area contributed by atoms with Crippen molar-refractivity contribution in [2.75, 3.05) is 18.4 Å². The number of nitrogens with one attached hydrogen (secondary N) is 3. The third-order valence-corrected chi connectivity index (χ3v) is 6.23. The first-order valence-corrected chi connectivity index (χ1v) is 11.8. The van der Waals surface area contributed by atoms with E-state index in [1.807, 2.05) is 0 Å². The zero-order valence-electron chi connectivity index (χ0n) is 19.0. The van der Waals surface area contributed by atoms with Gasteiger partial charge >= 0.3 is 5.57 Å². The number of halogens is 3. The number of fused-ring (bicyclic) bond motifs is 1. The van der Waals surface area contributed by atoms with Crippen LogP contribution in [0.5, 0.6) is 5.75 Å². The summed E-state index contributed by atoms with van der Waals surface area (Å²) in [4.78, 5) is 34.3. The number of piperidine rings is 1. The summed E-state index contributed by atoms with van der Waals surface area (Å²) in [6, 6.07) is 8.93. The molecule has 1 unspecified atom stereocenters. The fraction of sp³-hybridized carbons (Fsp3) is 0.280. The molecule has 36 heavy (non-hydrogen) atoms. The van der Waals surface area contributed by atoms with Gasteiger partial charge < -0.3 is 20.7 Å². The van der Waals surface area contributed by atoms with E-state index in [1.165, 1.54) is 30.5 Å². The van der Waals surface area contributed by atoms with Crippen LogP contribution in [0.25, 0.3) is 11.1 Å². The van der Waals surface area contributed by atoms with Gasteiger partial charge in [-0.25, -0.2) is 0 Å². The van der Waals surface area contributed by atoms with Crippen molar-refractivity contribution in [3.05, 3.63) is 71.3 Å². The van der Waals surface area contributed by atoms with E-state index < -0.39 is 11.5 Å². The number of hydrogen-bond donors (Lipinski definition) is 3. The summed E-state index contributed by atoms with van der Waals surface area (Å²) in [6.07, 6.45) is 5.17. The molecular weight excluding hydrogens is 492 g/mol. The summed E-state index contributed by atoms with van der Waals surface area (Å²) in [5, 5.41) is 8.88. The molecule has 0 saturated carbocycles. The van der Waals surface area contributed by atoms with E-state index in [9.17, 15) is 18.4 Å². The van der Waals surface area contributed by atoms with Crippen LogP contribution in [0, 0.1) is 0 Å². The largest absolute Gasteiger partial charge is 0.487 e. The van der Waals surface area contributed by atoms with E-state index in [0.29, 0.717) is 34.6 Å². The van der Waals surface area contributed by atoms with E-state index in [0.717, 1.165) is 37.2 Å². The number of aromatic nitrogens is 2. The number of rotatable bonds is 6. The van der Waals surface area contributed by atoms with Crippen molar-refractivity contribution in [1.29, 1.82) is 0 Å². The van der Waals surface area contributed by atoms with Gasteiger partial charge in [-0.15, -0.1) is 8.78 Å². The van der Waals surface area contributed by atoms with Crippen LogP contribution in [-0.4, -0.2) is 40.4 Å². The van der Waals surface area contributed by atoms with Crippen LogP contribution >= 0.6 is 11.6 Å². The number of amides is 2. The summed E-state index contributed by atoms with van der Waals surface area (Å²) in [5.74, 6) is -0.599. The van der Waals surface area contributed by atoms with Gasteiger partial charge in [-0.05, 0) is 55.8 Å². The SMILES string of the molecule is O=C(Nc1ccc(OC(F)(F)Cl)cc1)c1cnc(C2CCCNC2)c(-c2cnc3c(c2)C(=O)NC3)c1. The number of nitrogens with zero attached hydrogens (tertiary/aromatic N) is 2. The molecule has 186 valence electrons. The average Bonchev–Trinajstić information content (AvgIpc) is 3.24. The predicted molar refractivity (Wildman–Crippen MR) is 129 cm³/mol. The fourth-order valence-corrected chi connectivity index (χ4v) is 4.51. The Morgan fingerprint density at radius 3 is 2.67 bits per heavy atom. The van der Waals surface area contributed by atoms with Crippen molar-refractivity contribution in [2.45, 2.75) is 30.9 Å². The van der Waals surface area contributed by atoms with Gasteiger partial charge in [-0.3, -0.25) is 19.6 Å². The summed E-state index contributed by atoms with van der Waals surface area (Å²) in [6.45, 7) is 2.10. The minimum atomic E-state index is -3.82. The van der Waals surface area contributed by atoms with Crippen LogP contribution in [0.1, 0.15) is 50.9 Å². The Morgan fingerprint density at radius 1 is 1.14 bits per heavy atom. The zero-order chi connectivity index (χ0) is 25.3. The lowest BCUT2D eigenvalue weighted by atomic mass is 9.89. The van der Waals surface area contributed by atoms with E-state index in [2.05, 4.69) is 30.7 Å². The first-order valence-electron chi connectivity index (χ1n) is 11.4. The Kier molecular flexibility index (Phi) is 6.55. The Hall–Kier alpha value is -3.63. The normalized spacial score (nSPS) is 17.3. The number of benzene rings is 1. The molecule has 0 bridgehead atoms. The second-order valence-corrected chi connectivity index (χ2v) is 9.07. The molecule has 2 aliphatic rings. The van der Waals surface area contributed by atoms with Crippen LogP contribution in [0.15, 0.2) is 48.8 Å². The van der Waals surface area contributed by atoms with Crippen LogP contribution in [0.2, 0.25) is 0 Å². The molecule has 11 heteroatoms. The van der Waals surface area contributed by atoms with Crippen LogP contribution in [-0.2, 0) is 6.54 Å². The number of anilines is 1. The number of hydrogen-bond acceptors (Lipinski definition) is 6. The molecular formula is C25H22ClF2N5O3. The first-order chi connectivity index (χ1) is 17.3. The molecule has 3 aromatic rings. The summed E-state index contributed by atoms with van der Waals surface area (Å²) >= 11 is 4.78. The van der Waals surface area contributed by atoms with Gasteiger partial charge in [0, 0.05) is 53.3 Å². The number of ether oxygens (including phenoxy) is 1. The smallest absolute Gasteiger partial charge is 0.420 e. The molecule has 1 fully saturated rings. The molecule has 2 amide bonds. The van der Waals surface area contributed by atoms with Crippen LogP contribution in [0.4, 0.5) is 14.5 Å². The second kappa shape index (κ2) is 9.79. The van der Waals surface area contributed by atoms with Crippen molar-refractivity contribution in [1.82, 2.24) is 20.6 Å². The van der Waals surface area contributed by atoms with Crippen molar-refractivity contribution in [2.24, 2.45) is 0 Å². The molecule has 5 rings (SSSR count). The maximum Gasteiger partial charge on any atom is 0.487 e. The molecule has 1 saturated heterocycles. The second-order valence-electron chi connectivity index (χ2n) is 8.63. The lowest BCUT2D eigenvalue weighted by molar-refractivity contribution is -0.0964. The lowest BCUT2D eigenvalue weighted by Crippen LogP contribution is -2.29. The van der Waals surface area contributed by atoms with Crippen molar-refractivity contribution < 1.29 is 23.1 Å². The van der Waals surface area contributed by atoms with Gasteiger partial charge in [-0.1, -0.05) is 0 Å². The van der Waals surface area contributed by atoms with Crippen LogP contribution < -0.4 is 20.7 Å². The Labute approximate surface area is 210 Å². The topological polar surface area (TPSA) is 105 Å². The van der Waals surface area contributed by atoms with Crippen molar-refractivity contribution in [3.8, 4) is 16.9 Å². The fourth-order valence-electron chi connectivity index (χ4n) is 4.42. The van der Waals surface area contributed by atoms with Gasteiger partial charge in [0.25, 0.3) is 11.8 Å². The van der Waals surface area contributed by atoms with Gasteiger partial charge in [0.05, 0.1) is 29.1 Å². The average molecular weight is 514 g/mol. The molecule has 3 N–H and O–H groups in total. The van der Waals surface area contributed by atoms with Crippen molar-refractivity contribution in [3.63, 3.8) is 0 Å². The quantitative estimate of drug-likeness (QED) is 0.425. The number of carbonyl (C=O) groups is 2. The maximum atomic E-state index is 13.0. The highest BCUT2D eigenvalue weighted by Crippen LogP contribution is 2.33. The maximum absolute atomic E-state index is 13.0. The number of alkyl halides is 3. The van der Waals surface area contributed by atoms with E-state index in [4.69, 9.17) is 11.6 Å². The third kappa shape index (κ3) is 5.29. The molecule has 0 radical (unpaired) electrons. The Balaban J connectivity index is 1.44. The standard InChI is InChI=1S/C25H22ClF2N5O3/c26-25(27,28)36-18-5-3-17(4-6-18)33-23(34)16-9-19(22(31-12-16)14-2-1-7-29-10-14)15-8-20-21(30-11-15)13-32-24(20)35/h3-6,8-9,11-12,14,29H,1-2,7,10,13H2,(H,32,35)(H,33,34). The molecule has 0 aliphatic carbocycles. The van der Waals surface area contributed by atoms with Gasteiger partial charge in [-0.2, -0.15) is 0 Å². The molecule has 2 aliphatic heterocycles. The highest BCUT2D eigenvalue weighted by atomic mass is 35.5. The molecule has 0 spiro atoms. The zero-order valence-corrected chi connectivity index (χ0v) is 19.7. The Morgan fingerprint density at radius 2 is 1.94 bits per heavy atom. The predicted octanol–water partition coefficient (Wildman–Crippen LogP) is 4.27. The van der Waals surface area contributed by atoms with Gasteiger partial charge in [0.1, 0.15) is 5.75 Å². The molecule has 2 aromatic heterocycles. The van der Waals surface area contributed by atoms with Crippen LogP contribution in [0.3, 0.4) is 0 Å². The lowest BCUT2D eigenvalue weighted by Gasteiger charge is -2.24. The minimum absolute atomic E-state index is 0.143. The number of carbonyl (C=O) groups excluding carboxylic acids is 2.